The first-order valence-electron chi connectivity index (χ1n) is 11.1. The molecule has 11 nitrogen and oxygen atoms in total. The van der Waals surface area contributed by atoms with Crippen molar-refractivity contribution in [1.29, 1.82) is 5.41 Å². The van der Waals surface area contributed by atoms with Crippen LogP contribution in [-0.4, -0.2) is 37.6 Å². The number of amides is 3. The molecule has 0 unspecified atom stereocenters. The third-order valence-electron chi connectivity index (χ3n) is 7.29. The number of hydrogen-bond donors (Lipinski definition) is 5. The second-order valence-corrected chi connectivity index (χ2v) is 9.62. The molecule has 0 bridgehead atoms. The number of unbranched alkanes of at least 4 members (excludes halogenated alkanes) is 1. The van der Waals surface area contributed by atoms with Crippen LogP contribution in [0.2, 0.25) is 0 Å². The van der Waals surface area contributed by atoms with Gasteiger partial charge in [-0.05, 0) is 50.4 Å². The quantitative estimate of drug-likeness (QED) is 0.328. The average Bonchev–Trinajstić information content (AvgIpc) is 2.67. The summed E-state index contributed by atoms with van der Waals surface area (Å²) >= 11 is 0. The molecule has 3 amide bonds. The summed E-state index contributed by atoms with van der Waals surface area (Å²) in [6, 6.07) is -0.808. The van der Waals surface area contributed by atoms with Crippen molar-refractivity contribution >= 4 is 17.8 Å². The number of carbonyl (C=O) groups is 2. The Morgan fingerprint density at radius 1 is 1.22 bits per heavy atom. The Labute approximate surface area is 184 Å². The maximum Gasteiger partial charge on any atom is 0.334 e. The fourth-order valence-electron chi connectivity index (χ4n) is 5.95. The van der Waals surface area contributed by atoms with E-state index in [-0.39, 0.29) is 35.9 Å². The number of aromatic hydroxyl groups is 1. The lowest BCUT2D eigenvalue weighted by atomic mass is 9.50. The lowest BCUT2D eigenvalue weighted by Crippen LogP contribution is -2.69. The molecular formula is C21H30N6O5. The fraction of sp³-hybridized carbons (Fsp3) is 0.667. The van der Waals surface area contributed by atoms with Gasteiger partial charge in [-0.1, -0.05) is 13.3 Å². The minimum Gasteiger partial charge on any atom is -0.494 e. The van der Waals surface area contributed by atoms with E-state index in [4.69, 9.17) is 11.1 Å². The molecule has 1 aromatic heterocycles. The van der Waals surface area contributed by atoms with Crippen LogP contribution in [0.4, 0.5) is 4.79 Å². The number of urea groups is 1. The third-order valence-corrected chi connectivity index (χ3v) is 7.29. The van der Waals surface area contributed by atoms with E-state index in [0.29, 0.717) is 32.1 Å². The summed E-state index contributed by atoms with van der Waals surface area (Å²) < 4.78 is 2.30. The Hall–Kier alpha value is -3.11. The third kappa shape index (κ3) is 3.59. The summed E-state index contributed by atoms with van der Waals surface area (Å²) in [4.78, 5) is 49.6. The van der Waals surface area contributed by atoms with E-state index in [1.165, 1.54) is 0 Å². The first-order valence-corrected chi connectivity index (χ1v) is 11.1. The van der Waals surface area contributed by atoms with Gasteiger partial charge in [0.05, 0.1) is 12.0 Å². The van der Waals surface area contributed by atoms with Crippen molar-refractivity contribution in [3.05, 3.63) is 26.4 Å². The first kappa shape index (κ1) is 22.1. The number of rotatable bonds is 5. The molecule has 3 aliphatic rings. The number of imide groups is 1. The number of nitrogens with one attached hydrogen (secondary N) is 3. The number of carbonyl (C=O) groups excluding carboxylic acids is 2. The van der Waals surface area contributed by atoms with Crippen LogP contribution >= 0.6 is 0 Å². The Bertz CT molecular complexity index is 1070. The monoisotopic (exact) mass is 446 g/mol. The van der Waals surface area contributed by atoms with E-state index in [1.54, 1.807) is 0 Å². The molecule has 2 heterocycles. The Kier molecular flexibility index (Phi) is 5.38. The van der Waals surface area contributed by atoms with Crippen LogP contribution in [0.5, 0.6) is 5.88 Å². The number of aromatic nitrogens is 2. The van der Waals surface area contributed by atoms with Gasteiger partial charge in [-0.25, -0.2) is 9.59 Å². The van der Waals surface area contributed by atoms with Crippen molar-refractivity contribution in [1.82, 2.24) is 19.8 Å². The molecule has 2 saturated carbocycles. The normalized spacial score (nSPS) is 29.5. The predicted octanol–water partition coefficient (Wildman–Crippen LogP) is 0.663. The van der Waals surface area contributed by atoms with Crippen molar-refractivity contribution in [2.45, 2.75) is 82.8 Å². The van der Waals surface area contributed by atoms with Gasteiger partial charge in [0.1, 0.15) is 11.4 Å². The topological polar surface area (TPSA) is 172 Å². The fourth-order valence-corrected chi connectivity index (χ4v) is 5.95. The largest absolute Gasteiger partial charge is 0.494 e. The van der Waals surface area contributed by atoms with Crippen LogP contribution in [0.3, 0.4) is 0 Å². The van der Waals surface area contributed by atoms with Crippen LogP contribution in [-0.2, 0) is 11.3 Å². The number of nitrogens with zero attached hydrogens (tertiary/aromatic N) is 2. The molecule has 2 spiro atoms. The Balaban J connectivity index is 1.56. The summed E-state index contributed by atoms with van der Waals surface area (Å²) in [7, 11) is 0. The summed E-state index contributed by atoms with van der Waals surface area (Å²) in [5, 5.41) is 23.3. The van der Waals surface area contributed by atoms with E-state index < -0.39 is 34.5 Å². The molecular weight excluding hydrogens is 416 g/mol. The van der Waals surface area contributed by atoms with E-state index in [0.717, 1.165) is 28.4 Å². The first-order chi connectivity index (χ1) is 15.1. The van der Waals surface area contributed by atoms with Gasteiger partial charge in [-0.3, -0.25) is 29.4 Å². The molecule has 0 atom stereocenters. The SMILES string of the molecule is CCCCn1c(O)c(C(=N)N)c(=O)n(C2CCC3(CC2)CC2(CC(=O)NC(=O)N2)C3)c1=O. The summed E-state index contributed by atoms with van der Waals surface area (Å²) in [5.41, 5.74) is 3.42. The second-order valence-electron chi connectivity index (χ2n) is 9.62. The molecule has 174 valence electrons. The summed E-state index contributed by atoms with van der Waals surface area (Å²) in [5.74, 6) is -1.37. The molecule has 1 aliphatic heterocycles. The Morgan fingerprint density at radius 3 is 2.44 bits per heavy atom. The zero-order chi connectivity index (χ0) is 23.3. The van der Waals surface area contributed by atoms with Crippen molar-refractivity contribution < 1.29 is 14.7 Å². The number of hydrogen-bond acceptors (Lipinski definition) is 6. The highest BCUT2D eigenvalue weighted by atomic mass is 16.3. The van der Waals surface area contributed by atoms with Gasteiger partial charge in [0.15, 0.2) is 0 Å². The molecule has 3 fully saturated rings. The van der Waals surface area contributed by atoms with Crippen LogP contribution in [0.25, 0.3) is 0 Å². The van der Waals surface area contributed by atoms with Crippen molar-refractivity contribution in [2.24, 2.45) is 11.1 Å². The van der Waals surface area contributed by atoms with Gasteiger partial charge in [0, 0.05) is 12.6 Å². The standard InChI is InChI=1S/C21H30N6O5/c1-2-3-8-26-16(29)14(15(22)23)17(30)27(19(26)32)12-4-6-20(7-5-12)10-21(11-20)9-13(28)24-18(31)25-21/h12,29H,2-11H2,1H3,(H3,22,23)(H2,24,25,28,31). The van der Waals surface area contributed by atoms with Gasteiger partial charge in [-0.2, -0.15) is 0 Å². The van der Waals surface area contributed by atoms with Crippen LogP contribution in [0.15, 0.2) is 9.59 Å². The molecule has 0 radical (unpaired) electrons. The van der Waals surface area contributed by atoms with Gasteiger partial charge in [0.2, 0.25) is 11.8 Å². The average molecular weight is 447 g/mol. The van der Waals surface area contributed by atoms with E-state index in [2.05, 4.69) is 10.6 Å². The maximum absolute atomic E-state index is 13.1. The zero-order valence-electron chi connectivity index (χ0n) is 18.2. The smallest absolute Gasteiger partial charge is 0.334 e. The number of nitrogen functional groups attached to an aromatic ring is 1. The molecule has 1 saturated heterocycles. The van der Waals surface area contributed by atoms with E-state index in [1.807, 2.05) is 6.92 Å². The number of nitrogens with two attached hydrogens (primary N) is 1. The Morgan fingerprint density at radius 2 is 1.88 bits per heavy atom. The highest BCUT2D eigenvalue weighted by Crippen LogP contribution is 2.59. The number of amidine groups is 1. The minimum atomic E-state index is -0.727. The van der Waals surface area contributed by atoms with E-state index >= 15 is 0 Å². The predicted molar refractivity (Wildman–Crippen MR) is 116 cm³/mol. The second kappa shape index (κ2) is 7.79. The van der Waals surface area contributed by atoms with Crippen molar-refractivity contribution in [3.63, 3.8) is 0 Å². The minimum absolute atomic E-state index is 0.0213. The van der Waals surface area contributed by atoms with Gasteiger partial charge >= 0.3 is 11.7 Å². The van der Waals surface area contributed by atoms with Gasteiger partial charge in [0.25, 0.3) is 5.56 Å². The van der Waals surface area contributed by atoms with Crippen molar-refractivity contribution in [2.75, 3.05) is 0 Å². The molecule has 6 N–H and O–H groups in total. The molecule has 0 aromatic carbocycles. The zero-order valence-corrected chi connectivity index (χ0v) is 18.2. The highest BCUT2D eigenvalue weighted by Gasteiger charge is 2.58. The lowest BCUT2D eigenvalue weighted by Gasteiger charge is -2.59. The maximum atomic E-state index is 13.1. The highest BCUT2D eigenvalue weighted by molar-refractivity contribution is 5.98. The van der Waals surface area contributed by atoms with Gasteiger partial charge < -0.3 is 16.2 Å². The molecule has 4 rings (SSSR count). The van der Waals surface area contributed by atoms with Crippen LogP contribution in [0.1, 0.15) is 76.3 Å². The van der Waals surface area contributed by atoms with Gasteiger partial charge in [-0.15, -0.1) is 0 Å². The van der Waals surface area contributed by atoms with Crippen LogP contribution in [0, 0.1) is 10.8 Å². The summed E-state index contributed by atoms with van der Waals surface area (Å²) in [6.45, 7) is 2.19. The summed E-state index contributed by atoms with van der Waals surface area (Å²) in [6.07, 6.45) is 5.79. The molecule has 1 aromatic rings. The lowest BCUT2D eigenvalue weighted by molar-refractivity contribution is -0.127. The van der Waals surface area contributed by atoms with E-state index in [9.17, 15) is 24.3 Å². The van der Waals surface area contributed by atoms with Crippen molar-refractivity contribution in [3.8, 4) is 5.88 Å². The molecule has 32 heavy (non-hydrogen) atoms. The van der Waals surface area contributed by atoms with Crippen LogP contribution < -0.4 is 27.6 Å². The molecule has 2 aliphatic carbocycles. The molecule has 11 heteroatoms.